The van der Waals surface area contributed by atoms with E-state index in [0.717, 1.165) is 96.8 Å². The van der Waals surface area contributed by atoms with Crippen molar-refractivity contribution in [1.29, 1.82) is 0 Å². The Balaban J connectivity index is 4.61. The van der Waals surface area contributed by atoms with Crippen molar-refractivity contribution in [2.24, 2.45) is 0 Å². The van der Waals surface area contributed by atoms with Gasteiger partial charge in [0.2, 0.25) is 0 Å². The minimum absolute atomic E-state index is 0.00828. The van der Waals surface area contributed by atoms with Gasteiger partial charge in [-0.2, -0.15) is 0 Å². The lowest BCUT2D eigenvalue weighted by molar-refractivity contribution is -0.150. The largest absolute Gasteiger partial charge is 0.462 e. The molecule has 1 unspecified atom stereocenters. The molecule has 70 heavy (non-hydrogen) atoms. The maximum Gasteiger partial charge on any atom is 0.306 e. The molecule has 0 radical (unpaired) electrons. The van der Waals surface area contributed by atoms with Gasteiger partial charge in [-0.1, -0.05) is 232 Å². The summed E-state index contributed by atoms with van der Waals surface area (Å²) in [5, 5.41) is 0. The van der Waals surface area contributed by atoms with E-state index in [2.05, 4.69) is 71.0 Å². The Labute approximate surface area is 437 Å². The quantitative estimate of drug-likeness (QED) is 0.0260. The monoisotopic (exact) mass is 990 g/mol. The van der Waals surface area contributed by atoms with Crippen LogP contribution < -0.4 is 0 Å². The number of hydrogen-bond acceptors (Lipinski definition) is 7. The number of carbonyl (C=O) groups excluding carboxylic acids is 1. The highest BCUT2D eigenvalue weighted by atomic mass is 16.7. The molecular formula is C63H123NO6. The van der Waals surface area contributed by atoms with Crippen LogP contribution >= 0.6 is 0 Å². The summed E-state index contributed by atoms with van der Waals surface area (Å²) in [4.78, 5) is 15.0. The van der Waals surface area contributed by atoms with Gasteiger partial charge in [0, 0.05) is 19.6 Å². The van der Waals surface area contributed by atoms with Crippen molar-refractivity contribution in [2.45, 2.75) is 329 Å². The van der Waals surface area contributed by atoms with Gasteiger partial charge in [0.05, 0.1) is 13.2 Å². The van der Waals surface area contributed by atoms with Crippen LogP contribution in [0.2, 0.25) is 0 Å². The van der Waals surface area contributed by atoms with E-state index in [0.29, 0.717) is 19.6 Å². The molecule has 7 nitrogen and oxygen atoms in total. The first-order chi connectivity index (χ1) is 34.5. The Morgan fingerprint density at radius 1 is 0.371 bits per heavy atom. The van der Waals surface area contributed by atoms with E-state index in [1.54, 1.807) is 0 Å². The number of ether oxygens (including phenoxy) is 5. The summed E-state index contributed by atoms with van der Waals surface area (Å²) in [5.41, 5.74) is 0. The minimum Gasteiger partial charge on any atom is -0.462 e. The van der Waals surface area contributed by atoms with Gasteiger partial charge < -0.3 is 28.6 Å². The number of hydrogen-bond donors (Lipinski definition) is 0. The molecule has 0 aromatic heterocycles. The van der Waals surface area contributed by atoms with E-state index in [-0.39, 0.29) is 24.7 Å². The molecule has 0 aliphatic rings. The zero-order valence-electron chi connectivity index (χ0n) is 48.1. The number of rotatable bonds is 59. The zero-order valence-corrected chi connectivity index (χ0v) is 48.1. The number of esters is 1. The standard InChI is InChI=1S/C63H123NO6/c1-7-11-15-19-29-37-45-56-66-62(67-57-46-38-30-20-16-12-8-2)53-43-35-27-23-25-33-41-50-60(70-61(65)52-49-55-64(5)6)51-42-34-26-24-28-36-44-54-63(68-58-47-39-31-21-17-13-9-3)69-59-48-40-32-22-18-14-10-4/h37-38,45-46,60,62-63H,7-36,39-44,47-59H2,1-6H3/b45-37-,46-38-. The SMILES string of the molecule is CCCCCC/C=C\COC(CCCCCCCCCC(CCCCCCCCCC(OCCCCCCCCC)OCCCCCCCCC)OC(=O)CCCN(C)C)OC/C=C\CCCCCC. The lowest BCUT2D eigenvalue weighted by Gasteiger charge is -2.19. The molecule has 0 aliphatic carbocycles. The first kappa shape index (κ1) is 68.8. The maximum absolute atomic E-state index is 12.8. The molecule has 0 heterocycles. The summed E-state index contributed by atoms with van der Waals surface area (Å²) in [5.74, 6) is -0.00828. The van der Waals surface area contributed by atoms with Gasteiger partial charge in [0.25, 0.3) is 0 Å². The summed E-state index contributed by atoms with van der Waals surface area (Å²) in [6, 6.07) is 0. The molecule has 0 N–H and O–H groups in total. The second kappa shape index (κ2) is 58.6. The fourth-order valence-corrected chi connectivity index (χ4v) is 9.23. The van der Waals surface area contributed by atoms with Crippen molar-refractivity contribution in [3.63, 3.8) is 0 Å². The molecule has 0 spiro atoms. The first-order valence-corrected chi connectivity index (χ1v) is 31.1. The van der Waals surface area contributed by atoms with Crippen LogP contribution in [0.1, 0.15) is 310 Å². The van der Waals surface area contributed by atoms with Crippen LogP contribution in [0.4, 0.5) is 0 Å². The van der Waals surface area contributed by atoms with E-state index in [1.807, 2.05) is 0 Å². The Hall–Kier alpha value is -1.25. The van der Waals surface area contributed by atoms with Crippen molar-refractivity contribution >= 4 is 5.97 Å². The summed E-state index contributed by atoms with van der Waals surface area (Å²) >= 11 is 0. The van der Waals surface area contributed by atoms with Gasteiger partial charge in [-0.05, 0) is 117 Å². The van der Waals surface area contributed by atoms with Gasteiger partial charge in [-0.3, -0.25) is 4.79 Å². The molecule has 0 saturated heterocycles. The molecule has 416 valence electrons. The van der Waals surface area contributed by atoms with E-state index in [1.165, 1.54) is 199 Å². The topological polar surface area (TPSA) is 66.5 Å². The molecule has 0 aromatic carbocycles. The van der Waals surface area contributed by atoms with Crippen molar-refractivity contribution in [2.75, 3.05) is 47.1 Å². The van der Waals surface area contributed by atoms with Crippen molar-refractivity contribution in [3.05, 3.63) is 24.3 Å². The van der Waals surface area contributed by atoms with Gasteiger partial charge >= 0.3 is 5.97 Å². The molecular weight excluding hydrogens is 867 g/mol. The Kier molecular flexibility index (Phi) is 57.6. The summed E-state index contributed by atoms with van der Waals surface area (Å²) < 4.78 is 31.2. The predicted octanol–water partition coefficient (Wildman–Crippen LogP) is 19.5. The van der Waals surface area contributed by atoms with E-state index >= 15 is 0 Å². The molecule has 0 rings (SSSR count). The van der Waals surface area contributed by atoms with Gasteiger partial charge in [-0.25, -0.2) is 0 Å². The number of nitrogens with zero attached hydrogens (tertiary/aromatic N) is 1. The zero-order chi connectivity index (χ0) is 50.9. The highest BCUT2D eigenvalue weighted by molar-refractivity contribution is 5.69. The van der Waals surface area contributed by atoms with Crippen LogP contribution in [0.15, 0.2) is 24.3 Å². The highest BCUT2D eigenvalue weighted by Crippen LogP contribution is 2.20. The molecule has 0 aromatic rings. The highest BCUT2D eigenvalue weighted by Gasteiger charge is 2.15. The molecule has 0 aliphatic heterocycles. The van der Waals surface area contributed by atoms with Gasteiger partial charge in [0.1, 0.15) is 6.10 Å². The van der Waals surface area contributed by atoms with Crippen LogP contribution in [0.3, 0.4) is 0 Å². The van der Waals surface area contributed by atoms with Crippen LogP contribution in [0, 0.1) is 0 Å². The molecule has 1 atom stereocenters. The second-order valence-corrected chi connectivity index (χ2v) is 21.3. The average molecular weight is 991 g/mol. The van der Waals surface area contributed by atoms with Gasteiger partial charge in [0.15, 0.2) is 12.6 Å². The molecule has 0 amide bonds. The fourth-order valence-electron chi connectivity index (χ4n) is 9.23. The van der Waals surface area contributed by atoms with Crippen LogP contribution in [-0.2, 0) is 28.5 Å². The van der Waals surface area contributed by atoms with E-state index < -0.39 is 0 Å². The third kappa shape index (κ3) is 54.5. The minimum atomic E-state index is -0.130. The summed E-state index contributed by atoms with van der Waals surface area (Å²) in [7, 11) is 4.13. The molecule has 7 heteroatoms. The van der Waals surface area contributed by atoms with Gasteiger partial charge in [-0.15, -0.1) is 0 Å². The molecule has 0 fully saturated rings. The predicted molar refractivity (Wildman–Crippen MR) is 304 cm³/mol. The van der Waals surface area contributed by atoms with Crippen molar-refractivity contribution < 1.29 is 28.5 Å². The second-order valence-electron chi connectivity index (χ2n) is 21.3. The summed E-state index contributed by atoms with van der Waals surface area (Å²) in [6.07, 6.45) is 62.4. The number of unbranched alkanes of at least 4 members (excludes halogenated alkanes) is 32. The normalized spacial score (nSPS) is 12.6. The van der Waals surface area contributed by atoms with E-state index in [4.69, 9.17) is 23.7 Å². The number of carbonyl (C=O) groups is 1. The first-order valence-electron chi connectivity index (χ1n) is 31.1. The van der Waals surface area contributed by atoms with Crippen molar-refractivity contribution in [1.82, 2.24) is 4.90 Å². The van der Waals surface area contributed by atoms with Crippen LogP contribution in [0.25, 0.3) is 0 Å². The third-order valence-electron chi connectivity index (χ3n) is 13.9. The van der Waals surface area contributed by atoms with E-state index in [9.17, 15) is 4.79 Å². The molecule has 0 saturated carbocycles. The average Bonchev–Trinajstić information content (AvgIpc) is 3.35. The number of allylic oxidation sites excluding steroid dienone is 2. The van der Waals surface area contributed by atoms with Crippen LogP contribution in [0.5, 0.6) is 0 Å². The lowest BCUT2D eigenvalue weighted by Crippen LogP contribution is -2.20. The molecule has 0 bridgehead atoms. The lowest BCUT2D eigenvalue weighted by atomic mass is 10.0. The third-order valence-corrected chi connectivity index (χ3v) is 13.9. The fraction of sp³-hybridized carbons (Fsp3) is 0.921. The smallest absolute Gasteiger partial charge is 0.306 e. The Bertz CT molecular complexity index is 1020. The Morgan fingerprint density at radius 2 is 0.700 bits per heavy atom. The maximum atomic E-state index is 12.8. The van der Waals surface area contributed by atoms with Crippen molar-refractivity contribution in [3.8, 4) is 0 Å². The van der Waals surface area contributed by atoms with Crippen LogP contribution in [-0.4, -0.2) is 76.6 Å². The summed E-state index contributed by atoms with van der Waals surface area (Å²) in [6.45, 7) is 13.0. The Morgan fingerprint density at radius 3 is 1.09 bits per heavy atom.